The summed E-state index contributed by atoms with van der Waals surface area (Å²) in [6.45, 7) is 7.99. The van der Waals surface area contributed by atoms with Gasteiger partial charge >= 0.3 is 0 Å². The van der Waals surface area contributed by atoms with Crippen LogP contribution >= 0.6 is 11.6 Å². The predicted molar refractivity (Wildman–Crippen MR) is 136 cm³/mol. The van der Waals surface area contributed by atoms with Gasteiger partial charge in [0.2, 0.25) is 5.91 Å². The van der Waals surface area contributed by atoms with Crippen molar-refractivity contribution >= 4 is 39.7 Å². The van der Waals surface area contributed by atoms with E-state index in [2.05, 4.69) is 37.4 Å². The van der Waals surface area contributed by atoms with E-state index < -0.39 is 0 Å². The number of methoxy groups -OCH3 is 1. The summed E-state index contributed by atoms with van der Waals surface area (Å²) in [6.07, 6.45) is 3.35. The van der Waals surface area contributed by atoms with Gasteiger partial charge in [0.1, 0.15) is 11.3 Å². The number of anilines is 1. The second-order valence-corrected chi connectivity index (χ2v) is 8.73. The Hall–Kier alpha value is -3.50. The van der Waals surface area contributed by atoms with Crippen molar-refractivity contribution in [2.24, 2.45) is 0 Å². The quantitative estimate of drug-likeness (QED) is 0.310. The third kappa shape index (κ3) is 4.67. The average molecular weight is 460 g/mol. The fraction of sp³-hybridized carbons (Fsp3) is 0.179. The maximum Gasteiger partial charge on any atom is 0.248 e. The lowest BCUT2D eigenvalue weighted by Crippen LogP contribution is -2.09. The summed E-state index contributed by atoms with van der Waals surface area (Å²) in [5.41, 5.74) is 8.49. The zero-order valence-electron chi connectivity index (χ0n) is 19.4. The summed E-state index contributed by atoms with van der Waals surface area (Å²) < 4.78 is 11.5. The summed E-state index contributed by atoms with van der Waals surface area (Å²) >= 11 is 6.08. The smallest absolute Gasteiger partial charge is 0.248 e. The minimum Gasteiger partial charge on any atom is -0.496 e. The van der Waals surface area contributed by atoms with Gasteiger partial charge in [-0.1, -0.05) is 41.4 Å². The Morgan fingerprint density at radius 3 is 2.52 bits per heavy atom. The molecule has 0 saturated carbocycles. The van der Waals surface area contributed by atoms with Crippen LogP contribution in [0.15, 0.2) is 65.3 Å². The van der Waals surface area contributed by atoms with Crippen molar-refractivity contribution in [3.05, 3.63) is 88.1 Å². The van der Waals surface area contributed by atoms with E-state index in [1.807, 2.05) is 32.0 Å². The number of halogens is 1. The first-order valence-electron chi connectivity index (χ1n) is 10.7. The van der Waals surface area contributed by atoms with Gasteiger partial charge in [0.05, 0.1) is 13.4 Å². The Labute approximate surface area is 198 Å². The van der Waals surface area contributed by atoms with Crippen LogP contribution in [0.2, 0.25) is 5.02 Å². The molecule has 0 aliphatic carbocycles. The molecule has 3 aromatic carbocycles. The average Bonchev–Trinajstić information content (AvgIpc) is 3.18. The fourth-order valence-electron chi connectivity index (χ4n) is 4.03. The molecule has 0 atom stereocenters. The van der Waals surface area contributed by atoms with Gasteiger partial charge in [0, 0.05) is 39.4 Å². The van der Waals surface area contributed by atoms with E-state index in [9.17, 15) is 4.79 Å². The van der Waals surface area contributed by atoms with Gasteiger partial charge in [-0.2, -0.15) is 0 Å². The minimum absolute atomic E-state index is 0.234. The van der Waals surface area contributed by atoms with Gasteiger partial charge in [-0.05, 0) is 68.2 Å². The number of aryl methyl sites for hydroxylation is 3. The highest BCUT2D eigenvalue weighted by Crippen LogP contribution is 2.38. The fourth-order valence-corrected chi connectivity index (χ4v) is 4.20. The van der Waals surface area contributed by atoms with Gasteiger partial charge in [-0.3, -0.25) is 4.79 Å². The number of amides is 1. The van der Waals surface area contributed by atoms with Crippen LogP contribution < -0.4 is 10.1 Å². The number of rotatable bonds is 5. The maximum absolute atomic E-state index is 12.7. The van der Waals surface area contributed by atoms with E-state index >= 15 is 0 Å². The van der Waals surface area contributed by atoms with E-state index in [0.717, 1.165) is 38.8 Å². The molecule has 0 aliphatic heterocycles. The minimum atomic E-state index is -0.234. The van der Waals surface area contributed by atoms with Crippen LogP contribution in [0.5, 0.6) is 5.75 Å². The molecule has 4 aromatic rings. The highest BCUT2D eigenvalue weighted by atomic mass is 35.5. The molecular weight excluding hydrogens is 434 g/mol. The second kappa shape index (κ2) is 9.16. The number of hydrogen-bond donors (Lipinski definition) is 1. The molecule has 0 fully saturated rings. The number of furan rings is 1. The molecule has 0 saturated heterocycles. The van der Waals surface area contributed by atoms with E-state index in [1.54, 1.807) is 31.6 Å². The van der Waals surface area contributed by atoms with E-state index in [4.69, 9.17) is 20.8 Å². The number of nitrogens with one attached hydrogen (secondary N) is 1. The van der Waals surface area contributed by atoms with E-state index in [-0.39, 0.29) is 5.91 Å². The van der Waals surface area contributed by atoms with Crippen molar-refractivity contribution < 1.29 is 13.9 Å². The lowest BCUT2D eigenvalue weighted by Gasteiger charge is -2.11. The molecular formula is C28H26ClNO3. The highest BCUT2D eigenvalue weighted by Gasteiger charge is 2.16. The Bertz CT molecular complexity index is 1400. The molecule has 5 heteroatoms. The zero-order valence-corrected chi connectivity index (χ0v) is 20.1. The van der Waals surface area contributed by atoms with Crippen LogP contribution in [0.1, 0.15) is 29.2 Å². The van der Waals surface area contributed by atoms with E-state index in [0.29, 0.717) is 16.5 Å². The van der Waals surface area contributed by atoms with Crippen LogP contribution in [0, 0.1) is 20.8 Å². The van der Waals surface area contributed by atoms with Crippen LogP contribution in [-0.4, -0.2) is 13.0 Å². The van der Waals surface area contributed by atoms with Gasteiger partial charge in [-0.25, -0.2) is 0 Å². The number of carbonyl (C=O) groups is 1. The van der Waals surface area contributed by atoms with Crippen molar-refractivity contribution in [1.82, 2.24) is 0 Å². The monoisotopic (exact) mass is 459 g/mol. The number of carbonyl (C=O) groups excluding carboxylic acids is 1. The largest absolute Gasteiger partial charge is 0.496 e. The predicted octanol–water partition coefficient (Wildman–Crippen LogP) is 7.73. The Kier molecular flexibility index (Phi) is 6.30. The molecule has 0 spiro atoms. The summed E-state index contributed by atoms with van der Waals surface area (Å²) in [5.74, 6) is 0.409. The normalized spacial score (nSPS) is 11.6. The molecule has 1 amide bonds. The molecule has 4 rings (SSSR count). The summed E-state index contributed by atoms with van der Waals surface area (Å²) in [4.78, 5) is 12.7. The Balaban J connectivity index is 1.74. The van der Waals surface area contributed by atoms with Gasteiger partial charge in [0.25, 0.3) is 0 Å². The summed E-state index contributed by atoms with van der Waals surface area (Å²) in [7, 11) is 1.61. The van der Waals surface area contributed by atoms with Crippen molar-refractivity contribution in [3.63, 3.8) is 0 Å². The topological polar surface area (TPSA) is 51.5 Å². The second-order valence-electron chi connectivity index (χ2n) is 8.29. The van der Waals surface area contributed by atoms with Crippen molar-refractivity contribution in [3.8, 4) is 16.9 Å². The molecule has 0 aliphatic rings. The number of allylic oxidation sites excluding steroid dienone is 1. The molecule has 33 heavy (non-hydrogen) atoms. The first-order chi connectivity index (χ1) is 15.8. The zero-order chi connectivity index (χ0) is 23.7. The summed E-state index contributed by atoms with van der Waals surface area (Å²) in [5, 5.41) is 4.45. The van der Waals surface area contributed by atoms with E-state index in [1.165, 1.54) is 11.1 Å². The Morgan fingerprint density at radius 1 is 1.00 bits per heavy atom. The van der Waals surface area contributed by atoms with Crippen molar-refractivity contribution in [1.29, 1.82) is 0 Å². The van der Waals surface area contributed by atoms with Crippen molar-refractivity contribution in [2.75, 3.05) is 12.4 Å². The number of ether oxygens (including phenoxy) is 1. The van der Waals surface area contributed by atoms with Gasteiger partial charge < -0.3 is 14.5 Å². The molecule has 0 radical (unpaired) electrons. The first-order valence-corrected chi connectivity index (χ1v) is 11.1. The SMILES string of the molecule is COc1cc2occ(-c3ccc(C)cc3C)c2cc1/C(C)=C/C(=O)Nc1cc(Cl)ccc1C. The maximum atomic E-state index is 12.7. The molecule has 4 nitrogen and oxygen atoms in total. The van der Waals surface area contributed by atoms with Gasteiger partial charge in [0.15, 0.2) is 0 Å². The third-order valence-electron chi connectivity index (χ3n) is 5.80. The highest BCUT2D eigenvalue weighted by molar-refractivity contribution is 6.31. The molecule has 168 valence electrons. The van der Waals surface area contributed by atoms with Crippen LogP contribution in [-0.2, 0) is 4.79 Å². The number of fused-ring (bicyclic) bond motifs is 1. The molecule has 0 bridgehead atoms. The van der Waals surface area contributed by atoms with Crippen molar-refractivity contribution in [2.45, 2.75) is 27.7 Å². The molecule has 1 aromatic heterocycles. The standard InChI is InChI=1S/C28H26ClNO3/c1-16-6-9-21(18(3)10-16)24-15-33-27-14-26(32-5)22(13-23(24)27)19(4)11-28(31)30-25-12-20(29)8-7-17(25)2/h6-15H,1-5H3,(H,30,31)/b19-11+. The molecule has 1 heterocycles. The number of hydrogen-bond acceptors (Lipinski definition) is 3. The van der Waals surface area contributed by atoms with Crippen LogP contribution in [0.3, 0.4) is 0 Å². The summed E-state index contributed by atoms with van der Waals surface area (Å²) in [6, 6.07) is 15.7. The van der Waals surface area contributed by atoms with Crippen LogP contribution in [0.25, 0.3) is 27.7 Å². The Morgan fingerprint density at radius 2 is 1.79 bits per heavy atom. The molecule has 1 N–H and O–H groups in total. The van der Waals surface area contributed by atoms with Crippen LogP contribution in [0.4, 0.5) is 5.69 Å². The lowest BCUT2D eigenvalue weighted by molar-refractivity contribution is -0.111. The number of benzene rings is 3. The molecule has 0 unspecified atom stereocenters. The van der Waals surface area contributed by atoms with Gasteiger partial charge in [-0.15, -0.1) is 0 Å². The lowest BCUT2D eigenvalue weighted by atomic mass is 9.96. The third-order valence-corrected chi connectivity index (χ3v) is 6.03. The first kappa shape index (κ1) is 22.7.